The molecule has 0 unspecified atom stereocenters. The molecule has 2 heterocycles. The number of ether oxygens (including phenoxy) is 3. The lowest BCUT2D eigenvalue weighted by molar-refractivity contribution is 0.00617. The fraction of sp³-hybridized carbons (Fsp3) is 0.459. The van der Waals surface area contributed by atoms with Gasteiger partial charge in [-0.3, -0.25) is 0 Å². The van der Waals surface area contributed by atoms with Gasteiger partial charge in [-0.2, -0.15) is 0 Å². The van der Waals surface area contributed by atoms with E-state index in [9.17, 15) is 9.59 Å². The van der Waals surface area contributed by atoms with E-state index in [4.69, 9.17) is 23.1 Å². The van der Waals surface area contributed by atoms with Crippen molar-refractivity contribution in [3.05, 3.63) is 82.4 Å². The van der Waals surface area contributed by atoms with Gasteiger partial charge in [-0.05, 0) is 87.4 Å². The van der Waals surface area contributed by atoms with E-state index in [1.807, 2.05) is 42.5 Å². The van der Waals surface area contributed by atoms with Gasteiger partial charge in [0.1, 0.15) is 28.6 Å². The quantitative estimate of drug-likeness (QED) is 0.199. The minimum absolute atomic E-state index is 0.00838. The summed E-state index contributed by atoms with van der Waals surface area (Å²) in [4.78, 5) is 27.2. The van der Waals surface area contributed by atoms with Gasteiger partial charge in [-0.25, -0.2) is 9.59 Å². The number of hydrogen-bond donors (Lipinski definition) is 0. The minimum atomic E-state index is -2.17. The third kappa shape index (κ3) is 5.76. The maximum atomic E-state index is 13.9. The van der Waals surface area contributed by atoms with E-state index >= 15 is 0 Å². The van der Waals surface area contributed by atoms with Crippen molar-refractivity contribution in [1.29, 1.82) is 0 Å². The van der Waals surface area contributed by atoms with Crippen molar-refractivity contribution < 1.29 is 32.7 Å². The average molecular weight is 661 g/mol. The standard InChI is InChI=1S/C37H48O7Si2/c1-34(2,3)41-32(38)25-15-14-16-28-31(25)33(39)42-37(28)26-19-17-23(43-45(10,11)35(4,5)6)21-29(26)40-30-22-24(18-20-27(30)37)44-46(12,13)36(7,8)9/h14-22H,1-13H3. The normalized spacial score (nSPS) is 15.7. The molecule has 0 aliphatic carbocycles. The highest BCUT2D eigenvalue weighted by molar-refractivity contribution is 6.75. The Labute approximate surface area is 275 Å². The molecule has 3 aromatic rings. The van der Waals surface area contributed by atoms with Crippen molar-refractivity contribution in [3.8, 4) is 23.0 Å². The van der Waals surface area contributed by atoms with E-state index in [1.54, 1.807) is 32.9 Å². The van der Waals surface area contributed by atoms with Crippen LogP contribution >= 0.6 is 0 Å². The monoisotopic (exact) mass is 660 g/mol. The Hall–Kier alpha value is -3.57. The molecule has 0 amide bonds. The zero-order chi connectivity index (χ0) is 34.3. The highest BCUT2D eigenvalue weighted by Gasteiger charge is 2.55. The highest BCUT2D eigenvalue weighted by Crippen LogP contribution is 2.58. The van der Waals surface area contributed by atoms with E-state index in [-0.39, 0.29) is 21.2 Å². The molecule has 9 heteroatoms. The van der Waals surface area contributed by atoms with Crippen LogP contribution in [0.1, 0.15) is 99.7 Å². The van der Waals surface area contributed by atoms with Gasteiger partial charge in [0.25, 0.3) is 0 Å². The van der Waals surface area contributed by atoms with Gasteiger partial charge in [0.05, 0.1) is 11.1 Å². The van der Waals surface area contributed by atoms with Crippen LogP contribution in [0.15, 0.2) is 54.6 Å². The molecule has 1 spiro atoms. The van der Waals surface area contributed by atoms with E-state index < -0.39 is 39.8 Å². The van der Waals surface area contributed by atoms with Crippen LogP contribution in [0.5, 0.6) is 23.0 Å². The van der Waals surface area contributed by atoms with Crippen LogP contribution in [0.4, 0.5) is 0 Å². The van der Waals surface area contributed by atoms with Gasteiger partial charge in [-0.15, -0.1) is 0 Å². The summed E-state index contributed by atoms with van der Waals surface area (Å²) < 4.78 is 32.1. The predicted molar refractivity (Wildman–Crippen MR) is 186 cm³/mol. The molecule has 0 atom stereocenters. The van der Waals surface area contributed by atoms with E-state index in [0.29, 0.717) is 39.7 Å². The molecule has 46 heavy (non-hydrogen) atoms. The third-order valence-electron chi connectivity index (χ3n) is 9.76. The summed E-state index contributed by atoms with van der Waals surface area (Å²) >= 11 is 0. The van der Waals surface area contributed by atoms with Crippen LogP contribution in [0.3, 0.4) is 0 Å². The maximum absolute atomic E-state index is 13.9. The average Bonchev–Trinajstić information content (AvgIpc) is 3.18. The predicted octanol–water partition coefficient (Wildman–Crippen LogP) is 9.98. The zero-order valence-electron chi connectivity index (χ0n) is 29.6. The Kier molecular flexibility index (Phi) is 7.89. The first-order valence-corrected chi connectivity index (χ1v) is 21.7. The molecular weight excluding hydrogens is 613 g/mol. The van der Waals surface area contributed by atoms with Gasteiger partial charge in [0, 0.05) is 28.8 Å². The molecule has 0 fully saturated rings. The number of hydrogen-bond acceptors (Lipinski definition) is 7. The number of rotatable bonds is 5. The first-order chi connectivity index (χ1) is 21.0. The Morgan fingerprint density at radius 1 is 0.696 bits per heavy atom. The van der Waals surface area contributed by atoms with Gasteiger partial charge >= 0.3 is 11.9 Å². The van der Waals surface area contributed by atoms with Crippen LogP contribution in [0.2, 0.25) is 36.3 Å². The molecule has 0 aromatic heterocycles. The Balaban J connectivity index is 1.72. The Bertz CT molecular complexity index is 1640. The molecule has 0 radical (unpaired) electrons. The molecule has 3 aromatic carbocycles. The van der Waals surface area contributed by atoms with Crippen LogP contribution < -0.4 is 13.6 Å². The second kappa shape index (κ2) is 10.7. The summed E-state index contributed by atoms with van der Waals surface area (Å²) in [6, 6.07) is 16.6. The summed E-state index contributed by atoms with van der Waals surface area (Å²) in [5.41, 5.74) is 0.113. The van der Waals surface area contributed by atoms with Gasteiger partial charge in [0.2, 0.25) is 16.6 Å². The smallest absolute Gasteiger partial charge is 0.341 e. The maximum Gasteiger partial charge on any atom is 0.341 e. The summed E-state index contributed by atoms with van der Waals surface area (Å²) in [6.45, 7) is 27.3. The van der Waals surface area contributed by atoms with Gasteiger partial charge in [0.15, 0.2) is 5.60 Å². The van der Waals surface area contributed by atoms with Crippen molar-refractivity contribution in [2.45, 2.75) is 110 Å². The SMILES string of the molecule is CC(C)(C)OC(=O)c1cccc2c1C(=O)OC21c2ccc(O[Si](C)(C)C(C)(C)C)cc2Oc2cc(O[Si](C)(C)C(C)(C)C)ccc21. The summed E-state index contributed by atoms with van der Waals surface area (Å²) in [5, 5.41) is -0.0168. The molecule has 246 valence electrons. The molecular formula is C37H48O7Si2. The summed E-state index contributed by atoms with van der Waals surface area (Å²) in [7, 11) is -4.35. The number of carbonyl (C=O) groups is 2. The Morgan fingerprint density at radius 3 is 1.61 bits per heavy atom. The van der Waals surface area contributed by atoms with Crippen LogP contribution in [-0.2, 0) is 15.1 Å². The topological polar surface area (TPSA) is 80.3 Å². The first-order valence-electron chi connectivity index (χ1n) is 15.9. The number of benzene rings is 3. The fourth-order valence-electron chi connectivity index (χ4n) is 5.26. The molecule has 0 saturated carbocycles. The van der Waals surface area contributed by atoms with E-state index in [1.165, 1.54) is 0 Å². The molecule has 0 saturated heterocycles. The van der Waals surface area contributed by atoms with Crippen LogP contribution in [0, 0.1) is 0 Å². The molecule has 5 rings (SSSR count). The number of fused-ring (bicyclic) bond motifs is 6. The fourth-order valence-corrected chi connectivity index (χ4v) is 7.30. The first kappa shape index (κ1) is 33.8. The van der Waals surface area contributed by atoms with E-state index in [0.717, 1.165) is 0 Å². The van der Waals surface area contributed by atoms with Crippen LogP contribution in [-0.4, -0.2) is 34.2 Å². The van der Waals surface area contributed by atoms with Crippen molar-refractivity contribution >= 4 is 28.6 Å². The molecule has 2 aliphatic heterocycles. The highest BCUT2D eigenvalue weighted by atomic mass is 28.4. The molecule has 7 nitrogen and oxygen atoms in total. The molecule has 2 aliphatic rings. The number of carbonyl (C=O) groups excluding carboxylic acids is 2. The number of esters is 2. The van der Waals surface area contributed by atoms with Crippen molar-refractivity contribution in [2.24, 2.45) is 0 Å². The minimum Gasteiger partial charge on any atom is -0.543 e. The Morgan fingerprint density at radius 2 is 1.17 bits per heavy atom. The van der Waals surface area contributed by atoms with Crippen molar-refractivity contribution in [2.75, 3.05) is 0 Å². The summed E-state index contributed by atoms with van der Waals surface area (Å²) in [5.74, 6) is 1.21. The van der Waals surface area contributed by atoms with Crippen LogP contribution in [0.25, 0.3) is 0 Å². The van der Waals surface area contributed by atoms with Crippen molar-refractivity contribution in [1.82, 2.24) is 0 Å². The molecule has 0 N–H and O–H groups in total. The largest absolute Gasteiger partial charge is 0.543 e. The third-order valence-corrected chi connectivity index (χ3v) is 18.5. The molecule has 0 bridgehead atoms. The van der Waals surface area contributed by atoms with E-state index in [2.05, 4.69) is 67.7 Å². The lowest BCUT2D eigenvalue weighted by Crippen LogP contribution is -2.44. The lowest BCUT2D eigenvalue weighted by Gasteiger charge is -2.39. The van der Waals surface area contributed by atoms with Gasteiger partial charge in [-0.1, -0.05) is 53.7 Å². The summed E-state index contributed by atoms with van der Waals surface area (Å²) in [6.07, 6.45) is 0. The van der Waals surface area contributed by atoms with Gasteiger partial charge < -0.3 is 23.1 Å². The van der Waals surface area contributed by atoms with Crippen molar-refractivity contribution in [3.63, 3.8) is 0 Å². The second-order valence-electron chi connectivity index (χ2n) is 16.4. The zero-order valence-corrected chi connectivity index (χ0v) is 31.6. The second-order valence-corrected chi connectivity index (χ2v) is 25.9. The lowest BCUT2D eigenvalue weighted by atomic mass is 9.77.